The van der Waals surface area contributed by atoms with Crippen molar-refractivity contribution < 1.29 is 0 Å². The molecule has 0 atom stereocenters. The van der Waals surface area contributed by atoms with Crippen LogP contribution >= 0.6 is 11.3 Å². The van der Waals surface area contributed by atoms with E-state index in [2.05, 4.69) is 180 Å². The summed E-state index contributed by atoms with van der Waals surface area (Å²) in [6.07, 6.45) is 6.78. The molecule has 0 amide bonds. The first-order valence-corrected chi connectivity index (χ1v) is 19.0. The topological polar surface area (TPSA) is 9.86 Å². The maximum atomic E-state index is 2.44. The van der Waals surface area contributed by atoms with E-state index < -0.39 is 0 Å². The molecule has 3 aromatic heterocycles. The molecule has 0 aliphatic heterocycles. The average molecular weight is 683 g/mol. The van der Waals surface area contributed by atoms with E-state index in [0.29, 0.717) is 0 Å². The van der Waals surface area contributed by atoms with Gasteiger partial charge in [-0.25, -0.2) is 0 Å². The Morgan fingerprint density at radius 3 is 1.87 bits per heavy atom. The van der Waals surface area contributed by atoms with E-state index >= 15 is 0 Å². The number of hydrogen-bond acceptors (Lipinski definition) is 1. The molecule has 10 aromatic rings. The maximum absolute atomic E-state index is 2.44. The van der Waals surface area contributed by atoms with Gasteiger partial charge < -0.3 is 9.13 Å². The standard InChI is InChI=1S/C49H34N2S/c1-31-14-21-36(22-15-31)50-44-11-5-2-8-38(44)41-28-34(18-25-46(41)50)35-19-26-47-42(29-35)39-9-3-6-12-45(39)51(47)37-23-16-32(17-24-37)33-20-27-49-43(30-33)40-10-4-7-13-48(40)52-49/h3-7,9-30H,2,8H2,1H3. The van der Waals surface area contributed by atoms with Gasteiger partial charge in [-0.2, -0.15) is 0 Å². The molecule has 0 fully saturated rings. The molecule has 11 rings (SSSR count). The molecule has 0 radical (unpaired) electrons. The van der Waals surface area contributed by atoms with Crippen molar-refractivity contribution in [3.05, 3.63) is 175 Å². The molecule has 2 nitrogen and oxygen atoms in total. The summed E-state index contributed by atoms with van der Waals surface area (Å²) >= 11 is 1.87. The Balaban J connectivity index is 1.01. The molecule has 246 valence electrons. The first-order valence-electron chi connectivity index (χ1n) is 18.1. The van der Waals surface area contributed by atoms with Crippen molar-refractivity contribution >= 4 is 70.3 Å². The van der Waals surface area contributed by atoms with Crippen LogP contribution in [0.15, 0.2) is 158 Å². The van der Waals surface area contributed by atoms with E-state index in [4.69, 9.17) is 0 Å². The maximum Gasteiger partial charge on any atom is 0.0541 e. The number of thiophene rings is 1. The monoisotopic (exact) mass is 682 g/mol. The third kappa shape index (κ3) is 4.49. The lowest BCUT2D eigenvalue weighted by atomic mass is 9.97. The smallest absolute Gasteiger partial charge is 0.0541 e. The van der Waals surface area contributed by atoms with Gasteiger partial charge in [-0.15, -0.1) is 11.3 Å². The second-order valence-electron chi connectivity index (χ2n) is 14.1. The van der Waals surface area contributed by atoms with Crippen molar-refractivity contribution in [2.45, 2.75) is 19.8 Å². The summed E-state index contributed by atoms with van der Waals surface area (Å²) < 4.78 is 7.53. The predicted molar refractivity (Wildman–Crippen MR) is 223 cm³/mol. The zero-order valence-electron chi connectivity index (χ0n) is 28.8. The largest absolute Gasteiger partial charge is 0.310 e. The lowest BCUT2D eigenvalue weighted by Crippen LogP contribution is -2.00. The Hall–Kier alpha value is -6.16. The van der Waals surface area contributed by atoms with Gasteiger partial charge in [0.2, 0.25) is 0 Å². The molecule has 0 spiro atoms. The Labute approximate surface area is 306 Å². The second-order valence-corrected chi connectivity index (χ2v) is 15.2. The van der Waals surface area contributed by atoms with Crippen LogP contribution in [0.25, 0.3) is 92.6 Å². The van der Waals surface area contributed by atoms with E-state index in [0.717, 1.165) is 12.8 Å². The lowest BCUT2D eigenvalue weighted by molar-refractivity contribution is 0.967. The number of para-hydroxylation sites is 1. The van der Waals surface area contributed by atoms with E-state index in [1.807, 2.05) is 11.3 Å². The van der Waals surface area contributed by atoms with Gasteiger partial charge in [0, 0.05) is 53.4 Å². The van der Waals surface area contributed by atoms with Crippen molar-refractivity contribution in [2.75, 3.05) is 0 Å². The summed E-state index contributed by atoms with van der Waals surface area (Å²) in [6, 6.07) is 56.5. The number of nitrogens with zero attached hydrogens (tertiary/aromatic N) is 2. The normalized spacial score (nSPS) is 12.9. The van der Waals surface area contributed by atoms with E-state index in [-0.39, 0.29) is 0 Å². The van der Waals surface area contributed by atoms with Crippen LogP contribution in [-0.4, -0.2) is 9.13 Å². The van der Waals surface area contributed by atoms with Gasteiger partial charge in [0.15, 0.2) is 0 Å². The van der Waals surface area contributed by atoms with Gasteiger partial charge in [0.25, 0.3) is 0 Å². The minimum Gasteiger partial charge on any atom is -0.310 e. The number of benzene rings is 7. The molecule has 1 aliphatic carbocycles. The summed E-state index contributed by atoms with van der Waals surface area (Å²) in [4.78, 5) is 0. The van der Waals surface area contributed by atoms with Crippen LogP contribution in [0.2, 0.25) is 0 Å². The number of fused-ring (bicyclic) bond motifs is 9. The number of hydrogen-bond donors (Lipinski definition) is 0. The van der Waals surface area contributed by atoms with Crippen LogP contribution in [-0.2, 0) is 6.42 Å². The van der Waals surface area contributed by atoms with E-state index in [1.54, 1.807) is 0 Å². The molecular formula is C49H34N2S. The van der Waals surface area contributed by atoms with Crippen LogP contribution in [0.4, 0.5) is 0 Å². The Morgan fingerprint density at radius 1 is 0.462 bits per heavy atom. The molecule has 0 N–H and O–H groups in total. The van der Waals surface area contributed by atoms with Gasteiger partial charge in [-0.3, -0.25) is 0 Å². The van der Waals surface area contributed by atoms with Crippen molar-refractivity contribution in [1.29, 1.82) is 0 Å². The van der Waals surface area contributed by atoms with Crippen molar-refractivity contribution in [3.8, 4) is 33.6 Å². The van der Waals surface area contributed by atoms with Gasteiger partial charge in [0.1, 0.15) is 0 Å². The highest BCUT2D eigenvalue weighted by molar-refractivity contribution is 7.25. The highest BCUT2D eigenvalue weighted by atomic mass is 32.1. The van der Waals surface area contributed by atoms with Gasteiger partial charge in [-0.05, 0) is 126 Å². The molecule has 3 heterocycles. The summed E-state index contributed by atoms with van der Waals surface area (Å²) in [7, 11) is 0. The van der Waals surface area contributed by atoms with E-state index in [1.165, 1.54) is 103 Å². The van der Waals surface area contributed by atoms with Gasteiger partial charge >= 0.3 is 0 Å². The summed E-state index contributed by atoms with van der Waals surface area (Å²) in [6.45, 7) is 2.15. The SMILES string of the molecule is Cc1ccc(-n2c3c(c4cc(-c5ccc6c(c5)c5ccccc5n6-c5ccc(-c6ccc7sc8ccccc8c7c6)cc5)ccc42)CCC=C3)cc1. The summed E-state index contributed by atoms with van der Waals surface area (Å²) in [5, 5.41) is 6.57. The fourth-order valence-corrected chi connectivity index (χ4v) is 9.61. The van der Waals surface area contributed by atoms with Crippen LogP contribution in [0, 0.1) is 6.92 Å². The first-order chi connectivity index (χ1) is 25.7. The van der Waals surface area contributed by atoms with Gasteiger partial charge in [0.05, 0.1) is 16.6 Å². The summed E-state index contributed by atoms with van der Waals surface area (Å²) in [5.41, 5.74) is 15.1. The van der Waals surface area contributed by atoms with Crippen molar-refractivity contribution in [3.63, 3.8) is 0 Å². The molecule has 52 heavy (non-hydrogen) atoms. The zero-order valence-corrected chi connectivity index (χ0v) is 29.6. The van der Waals surface area contributed by atoms with E-state index in [9.17, 15) is 0 Å². The quantitative estimate of drug-likeness (QED) is 0.175. The molecule has 0 bridgehead atoms. The number of rotatable bonds is 4. The molecule has 1 aliphatic rings. The van der Waals surface area contributed by atoms with Crippen molar-refractivity contribution in [1.82, 2.24) is 9.13 Å². The van der Waals surface area contributed by atoms with Crippen LogP contribution in [0.5, 0.6) is 0 Å². The molecule has 7 aromatic carbocycles. The Morgan fingerprint density at radius 2 is 1.04 bits per heavy atom. The lowest BCUT2D eigenvalue weighted by Gasteiger charge is -2.12. The Bertz CT molecular complexity index is 3060. The predicted octanol–water partition coefficient (Wildman–Crippen LogP) is 13.7. The first kappa shape index (κ1) is 29.6. The number of aryl methyl sites for hydroxylation is 2. The molecule has 0 saturated carbocycles. The zero-order chi connectivity index (χ0) is 34.3. The van der Waals surface area contributed by atoms with Crippen LogP contribution in [0.3, 0.4) is 0 Å². The van der Waals surface area contributed by atoms with Gasteiger partial charge in [-0.1, -0.05) is 90.5 Å². The van der Waals surface area contributed by atoms with Crippen LogP contribution in [0.1, 0.15) is 23.2 Å². The van der Waals surface area contributed by atoms with Crippen LogP contribution < -0.4 is 0 Å². The minimum atomic E-state index is 1.06. The highest BCUT2D eigenvalue weighted by Crippen LogP contribution is 2.40. The third-order valence-corrected chi connectivity index (χ3v) is 12.2. The molecule has 0 unspecified atom stereocenters. The third-order valence-electron chi connectivity index (χ3n) is 11.1. The summed E-state index contributed by atoms with van der Waals surface area (Å²) in [5.74, 6) is 0. The van der Waals surface area contributed by atoms with Crippen molar-refractivity contribution in [2.24, 2.45) is 0 Å². The Kier molecular flexibility index (Phi) is 6.50. The second kappa shape index (κ2) is 11.4. The molecular weight excluding hydrogens is 649 g/mol. The number of allylic oxidation sites excluding steroid dienone is 1. The average Bonchev–Trinajstić information content (AvgIpc) is 3.85. The minimum absolute atomic E-state index is 1.06. The fraction of sp³-hybridized carbons (Fsp3) is 0.0612. The molecule has 3 heteroatoms. The highest BCUT2D eigenvalue weighted by Gasteiger charge is 2.20. The fourth-order valence-electron chi connectivity index (χ4n) is 8.53. The number of aromatic nitrogens is 2. The molecule has 0 saturated heterocycles.